The molecule has 1 aliphatic heterocycles. The van der Waals surface area contributed by atoms with E-state index >= 15 is 0 Å². The van der Waals surface area contributed by atoms with Crippen LogP contribution >= 0.6 is 0 Å². The lowest BCUT2D eigenvalue weighted by atomic mass is 10.2. The van der Waals surface area contributed by atoms with E-state index in [4.69, 9.17) is 0 Å². The van der Waals surface area contributed by atoms with Crippen molar-refractivity contribution < 1.29 is 4.21 Å². The predicted molar refractivity (Wildman–Crippen MR) is 56.3 cm³/mol. The predicted octanol–water partition coefficient (Wildman–Crippen LogP) is 1.24. The smallest absolute Gasteiger partial charge is 0.0530 e. The van der Waals surface area contributed by atoms with Crippen molar-refractivity contribution in [2.45, 2.75) is 31.4 Å². The van der Waals surface area contributed by atoms with Crippen molar-refractivity contribution in [3.8, 4) is 0 Å². The van der Waals surface area contributed by atoms with E-state index in [9.17, 15) is 4.21 Å². The fourth-order valence-corrected chi connectivity index (χ4v) is 3.30. The highest BCUT2D eigenvalue weighted by atomic mass is 32.2. The molecule has 0 aromatic rings. The van der Waals surface area contributed by atoms with Gasteiger partial charge in [-0.1, -0.05) is 0 Å². The van der Waals surface area contributed by atoms with Gasteiger partial charge in [-0.2, -0.15) is 0 Å². The van der Waals surface area contributed by atoms with E-state index in [0.717, 1.165) is 24.8 Å². The molecule has 76 valence electrons. The molecule has 3 heteroatoms. The summed E-state index contributed by atoms with van der Waals surface area (Å²) in [6.45, 7) is 7.58. The Morgan fingerprint density at radius 3 is 2.69 bits per heavy atom. The Morgan fingerprint density at radius 1 is 1.46 bits per heavy atom. The minimum Gasteiger partial charge on any atom is -0.301 e. The fraction of sp³-hybridized carbons (Fsp3) is 1.00. The average Bonchev–Trinajstić information content (AvgIpc) is 2.80. The van der Waals surface area contributed by atoms with Crippen LogP contribution in [0.2, 0.25) is 0 Å². The summed E-state index contributed by atoms with van der Waals surface area (Å²) < 4.78 is 11.7. The maximum Gasteiger partial charge on any atom is 0.0530 e. The molecule has 0 aromatic heterocycles. The first kappa shape index (κ1) is 9.66. The number of hydrogen-bond acceptors (Lipinski definition) is 2. The van der Waals surface area contributed by atoms with Gasteiger partial charge in [-0.05, 0) is 32.6 Å². The van der Waals surface area contributed by atoms with Crippen LogP contribution in [0.1, 0.15) is 26.7 Å². The second kappa shape index (κ2) is 3.35. The van der Waals surface area contributed by atoms with Gasteiger partial charge in [0.25, 0.3) is 0 Å². The van der Waals surface area contributed by atoms with Crippen LogP contribution in [-0.2, 0) is 10.8 Å². The van der Waals surface area contributed by atoms with Crippen molar-refractivity contribution in [2.24, 2.45) is 5.92 Å². The Labute approximate surface area is 83.1 Å². The van der Waals surface area contributed by atoms with Gasteiger partial charge in [-0.25, -0.2) is 0 Å². The highest BCUT2D eigenvalue weighted by Crippen LogP contribution is 2.31. The van der Waals surface area contributed by atoms with E-state index < -0.39 is 10.8 Å². The Bertz CT molecular complexity index is 223. The van der Waals surface area contributed by atoms with E-state index in [1.165, 1.54) is 19.4 Å². The van der Waals surface area contributed by atoms with Crippen molar-refractivity contribution in [3.63, 3.8) is 0 Å². The monoisotopic (exact) mass is 201 g/mol. The molecule has 1 saturated heterocycles. The summed E-state index contributed by atoms with van der Waals surface area (Å²) in [5.74, 6) is 1.84. The third kappa shape index (κ3) is 2.32. The van der Waals surface area contributed by atoms with Gasteiger partial charge in [-0.3, -0.25) is 4.21 Å². The maximum absolute atomic E-state index is 11.6. The highest BCUT2D eigenvalue weighted by molar-refractivity contribution is 7.86. The van der Waals surface area contributed by atoms with Crippen molar-refractivity contribution >= 4 is 10.8 Å². The summed E-state index contributed by atoms with van der Waals surface area (Å²) in [6, 6.07) is 0. The first-order valence-corrected chi connectivity index (χ1v) is 6.51. The largest absolute Gasteiger partial charge is 0.301 e. The van der Waals surface area contributed by atoms with E-state index in [1.54, 1.807) is 0 Å². The number of rotatable bonds is 2. The van der Waals surface area contributed by atoms with E-state index in [1.807, 2.05) is 0 Å². The summed E-state index contributed by atoms with van der Waals surface area (Å²) in [5, 5.41) is 0. The summed E-state index contributed by atoms with van der Waals surface area (Å²) >= 11 is 0. The van der Waals surface area contributed by atoms with E-state index in [-0.39, 0.29) is 4.75 Å². The molecule has 2 rings (SSSR count). The molecule has 0 radical (unpaired) electrons. The van der Waals surface area contributed by atoms with Crippen LogP contribution in [-0.4, -0.2) is 39.2 Å². The SMILES string of the molecule is CC1(C)CN(CC2CC2)CCS1=O. The Hall–Kier alpha value is 0.110. The minimum atomic E-state index is -0.607. The molecule has 1 saturated carbocycles. The molecule has 0 N–H and O–H groups in total. The Morgan fingerprint density at radius 2 is 2.15 bits per heavy atom. The molecule has 0 bridgehead atoms. The molecule has 1 atom stereocenters. The number of hydrogen-bond donors (Lipinski definition) is 0. The molecule has 13 heavy (non-hydrogen) atoms. The Kier molecular flexibility index (Phi) is 2.49. The van der Waals surface area contributed by atoms with Gasteiger partial charge in [0, 0.05) is 36.2 Å². The normalized spacial score (nSPS) is 34.8. The van der Waals surface area contributed by atoms with Gasteiger partial charge in [0.2, 0.25) is 0 Å². The first-order valence-electron chi connectivity index (χ1n) is 5.19. The summed E-state index contributed by atoms with van der Waals surface area (Å²) in [6.07, 6.45) is 2.83. The molecule has 0 aromatic carbocycles. The van der Waals surface area contributed by atoms with Crippen LogP contribution < -0.4 is 0 Å². The highest BCUT2D eigenvalue weighted by Gasteiger charge is 2.35. The second-order valence-electron chi connectivity index (χ2n) is 4.99. The van der Waals surface area contributed by atoms with Crippen LogP contribution in [0, 0.1) is 5.92 Å². The number of nitrogens with zero attached hydrogens (tertiary/aromatic N) is 1. The third-order valence-corrected chi connectivity index (χ3v) is 4.94. The maximum atomic E-state index is 11.6. The van der Waals surface area contributed by atoms with Gasteiger partial charge >= 0.3 is 0 Å². The lowest BCUT2D eigenvalue weighted by Gasteiger charge is -2.37. The quantitative estimate of drug-likeness (QED) is 0.670. The van der Waals surface area contributed by atoms with Crippen LogP contribution in [0.25, 0.3) is 0 Å². The topological polar surface area (TPSA) is 20.3 Å². The average molecular weight is 201 g/mol. The fourth-order valence-electron chi connectivity index (χ4n) is 2.00. The van der Waals surface area contributed by atoms with Gasteiger partial charge in [-0.15, -0.1) is 0 Å². The molecule has 2 fully saturated rings. The van der Waals surface area contributed by atoms with Crippen LogP contribution in [0.3, 0.4) is 0 Å². The van der Waals surface area contributed by atoms with E-state index in [2.05, 4.69) is 18.7 Å². The molecular weight excluding hydrogens is 182 g/mol. The second-order valence-corrected chi connectivity index (χ2v) is 7.19. The lowest BCUT2D eigenvalue weighted by molar-refractivity contribution is 0.246. The van der Waals surface area contributed by atoms with Gasteiger partial charge in [0.05, 0.1) is 4.75 Å². The first-order chi connectivity index (χ1) is 6.08. The Balaban J connectivity index is 1.90. The molecule has 0 amide bonds. The van der Waals surface area contributed by atoms with Crippen molar-refractivity contribution in [3.05, 3.63) is 0 Å². The summed E-state index contributed by atoms with van der Waals surface area (Å²) in [5.41, 5.74) is 0. The molecule has 1 aliphatic carbocycles. The van der Waals surface area contributed by atoms with Crippen molar-refractivity contribution in [1.29, 1.82) is 0 Å². The van der Waals surface area contributed by atoms with Crippen LogP contribution in [0.4, 0.5) is 0 Å². The molecule has 2 nitrogen and oxygen atoms in total. The summed E-state index contributed by atoms with van der Waals surface area (Å²) in [7, 11) is -0.607. The van der Waals surface area contributed by atoms with Gasteiger partial charge < -0.3 is 4.90 Å². The van der Waals surface area contributed by atoms with E-state index in [0.29, 0.717) is 0 Å². The van der Waals surface area contributed by atoms with Crippen LogP contribution in [0.15, 0.2) is 0 Å². The van der Waals surface area contributed by atoms with Crippen molar-refractivity contribution in [1.82, 2.24) is 4.90 Å². The molecular formula is C10H19NOS. The van der Waals surface area contributed by atoms with Gasteiger partial charge in [0.15, 0.2) is 0 Å². The molecule has 1 unspecified atom stereocenters. The van der Waals surface area contributed by atoms with Gasteiger partial charge in [0.1, 0.15) is 0 Å². The zero-order chi connectivity index (χ0) is 9.47. The zero-order valence-electron chi connectivity index (χ0n) is 8.58. The van der Waals surface area contributed by atoms with Crippen LogP contribution in [0.5, 0.6) is 0 Å². The summed E-state index contributed by atoms with van der Waals surface area (Å²) in [4.78, 5) is 2.50. The lowest BCUT2D eigenvalue weighted by Crippen LogP contribution is -2.50. The standard InChI is InChI=1S/C10H19NOS/c1-10(2)8-11(5-6-13(10)12)7-9-3-4-9/h9H,3-8H2,1-2H3. The molecule has 2 aliphatic rings. The molecule has 0 spiro atoms. The van der Waals surface area contributed by atoms with Crippen molar-refractivity contribution in [2.75, 3.05) is 25.4 Å². The third-order valence-electron chi connectivity index (χ3n) is 3.03. The minimum absolute atomic E-state index is 0.0210. The molecule has 1 heterocycles. The zero-order valence-corrected chi connectivity index (χ0v) is 9.40.